The average molecular weight is 1190 g/mol. The zero-order valence-corrected chi connectivity index (χ0v) is 57.9. The van der Waals surface area contributed by atoms with Gasteiger partial charge in [-0.15, -0.1) is 0 Å². The predicted molar refractivity (Wildman–Crippen MR) is 365 cm³/mol. The highest BCUT2D eigenvalue weighted by Crippen LogP contribution is 2.43. The molecule has 3 unspecified atom stereocenters. The molecule has 9 heteroatoms. The molecular formula is C74H150N2O6P+. The van der Waals surface area contributed by atoms with Gasteiger partial charge in [-0.1, -0.05) is 373 Å². The molecule has 496 valence electrons. The number of carbonyl (C=O) groups is 1. The minimum atomic E-state index is -4.33. The third-order valence-corrected chi connectivity index (χ3v) is 18.7. The van der Waals surface area contributed by atoms with Gasteiger partial charge in [0, 0.05) is 6.42 Å². The van der Waals surface area contributed by atoms with Crippen LogP contribution >= 0.6 is 7.82 Å². The fourth-order valence-electron chi connectivity index (χ4n) is 11.9. The number of nitrogens with zero attached hydrogens (tertiary/aromatic N) is 1. The van der Waals surface area contributed by atoms with Crippen molar-refractivity contribution in [1.29, 1.82) is 0 Å². The van der Waals surface area contributed by atoms with Crippen molar-refractivity contribution in [2.75, 3.05) is 40.9 Å². The van der Waals surface area contributed by atoms with Gasteiger partial charge in [-0.3, -0.25) is 13.8 Å². The number of aliphatic hydroxyl groups is 1. The van der Waals surface area contributed by atoms with Gasteiger partial charge in [0.25, 0.3) is 0 Å². The molecule has 83 heavy (non-hydrogen) atoms. The van der Waals surface area contributed by atoms with E-state index >= 15 is 0 Å². The molecule has 0 spiro atoms. The monoisotopic (exact) mass is 1190 g/mol. The Morgan fingerprint density at radius 2 is 0.651 bits per heavy atom. The summed E-state index contributed by atoms with van der Waals surface area (Å²) < 4.78 is 23.9. The third-order valence-electron chi connectivity index (χ3n) is 17.8. The number of hydrogen-bond acceptors (Lipinski definition) is 5. The van der Waals surface area contributed by atoms with Crippen LogP contribution < -0.4 is 5.32 Å². The Morgan fingerprint density at radius 1 is 0.398 bits per heavy atom. The van der Waals surface area contributed by atoms with Gasteiger partial charge in [0.1, 0.15) is 13.2 Å². The van der Waals surface area contributed by atoms with Gasteiger partial charge in [-0.05, 0) is 38.5 Å². The van der Waals surface area contributed by atoms with Crippen LogP contribution in [0.1, 0.15) is 406 Å². The lowest BCUT2D eigenvalue weighted by Crippen LogP contribution is -2.46. The quantitative estimate of drug-likeness (QED) is 0.0243. The number of carbonyl (C=O) groups excluding carboxylic acids is 1. The fraction of sp³-hybridized carbons (Fsp3) is 0.959. The van der Waals surface area contributed by atoms with Crippen molar-refractivity contribution in [1.82, 2.24) is 5.32 Å². The molecule has 0 fully saturated rings. The second kappa shape index (κ2) is 65.7. The first-order chi connectivity index (χ1) is 40.5. The molecule has 0 aromatic rings. The van der Waals surface area contributed by atoms with Gasteiger partial charge in [-0.25, -0.2) is 4.57 Å². The van der Waals surface area contributed by atoms with Crippen molar-refractivity contribution < 1.29 is 32.9 Å². The normalized spacial score (nSPS) is 13.6. The molecule has 3 atom stereocenters. The van der Waals surface area contributed by atoms with Gasteiger partial charge in [0.2, 0.25) is 5.91 Å². The van der Waals surface area contributed by atoms with E-state index in [0.29, 0.717) is 23.9 Å². The number of unbranched alkanes of at least 4 members (excludes halogenated alkanes) is 56. The van der Waals surface area contributed by atoms with E-state index in [9.17, 15) is 19.4 Å². The SMILES string of the molecule is CCCCCCCCCCCCCCCCCC/C=C\CCCCCCCCCCCCCCCCCCCC(=O)NC(COP(=O)(O)OCC[N+](C)(C)C)C(O)CCCCCCCCCCCCCCCCCCCCCCCCCC. The Balaban J connectivity index is 3.92. The fourth-order valence-corrected chi connectivity index (χ4v) is 12.7. The van der Waals surface area contributed by atoms with E-state index in [2.05, 4.69) is 31.3 Å². The first kappa shape index (κ1) is 82.2. The van der Waals surface area contributed by atoms with Gasteiger partial charge >= 0.3 is 7.82 Å². The van der Waals surface area contributed by atoms with Gasteiger partial charge in [-0.2, -0.15) is 0 Å². The highest BCUT2D eigenvalue weighted by atomic mass is 31.2. The zero-order valence-electron chi connectivity index (χ0n) is 57.0. The summed E-state index contributed by atoms with van der Waals surface area (Å²) in [6, 6.07) is -0.759. The number of rotatable bonds is 71. The molecule has 0 aliphatic heterocycles. The molecule has 0 saturated heterocycles. The van der Waals surface area contributed by atoms with Crippen LogP contribution in [0.5, 0.6) is 0 Å². The maximum absolute atomic E-state index is 13.1. The van der Waals surface area contributed by atoms with Gasteiger partial charge in [0.05, 0.1) is 39.9 Å². The summed E-state index contributed by atoms with van der Waals surface area (Å²) >= 11 is 0. The van der Waals surface area contributed by atoms with Crippen molar-refractivity contribution in [3.63, 3.8) is 0 Å². The van der Waals surface area contributed by atoms with Crippen molar-refractivity contribution >= 4 is 13.7 Å². The first-order valence-electron chi connectivity index (χ1n) is 37.6. The number of aliphatic hydroxyl groups excluding tert-OH is 1. The number of amides is 1. The third kappa shape index (κ3) is 68.6. The van der Waals surface area contributed by atoms with Crippen LogP contribution in [0.25, 0.3) is 0 Å². The lowest BCUT2D eigenvalue weighted by molar-refractivity contribution is -0.870. The van der Waals surface area contributed by atoms with E-state index < -0.39 is 20.0 Å². The Bertz CT molecular complexity index is 1360. The second-order valence-corrected chi connectivity index (χ2v) is 28.8. The zero-order chi connectivity index (χ0) is 60.5. The van der Waals surface area contributed by atoms with Gasteiger partial charge in [0.15, 0.2) is 0 Å². The molecule has 0 aromatic carbocycles. The minimum Gasteiger partial charge on any atom is -0.391 e. The van der Waals surface area contributed by atoms with Crippen molar-refractivity contribution in [3.05, 3.63) is 12.2 Å². The Morgan fingerprint density at radius 3 is 0.928 bits per heavy atom. The summed E-state index contributed by atoms with van der Waals surface area (Å²) in [6.45, 7) is 4.96. The van der Waals surface area contributed by atoms with Crippen LogP contribution in [0.15, 0.2) is 12.2 Å². The number of phosphoric acid groups is 1. The largest absolute Gasteiger partial charge is 0.472 e. The summed E-state index contributed by atoms with van der Waals surface area (Å²) in [7, 11) is 1.64. The molecule has 3 N–H and O–H groups in total. The number of phosphoric ester groups is 1. The molecular weight excluding hydrogens is 1040 g/mol. The van der Waals surface area contributed by atoms with Crippen LogP contribution in [0.3, 0.4) is 0 Å². The topological polar surface area (TPSA) is 105 Å². The molecule has 0 bridgehead atoms. The van der Waals surface area contributed by atoms with Crippen LogP contribution in [0.2, 0.25) is 0 Å². The first-order valence-corrected chi connectivity index (χ1v) is 39.0. The van der Waals surface area contributed by atoms with E-state index in [4.69, 9.17) is 9.05 Å². The number of likely N-dealkylation sites (N-methyl/N-ethyl adjacent to an activating group) is 1. The summed E-state index contributed by atoms with van der Waals surface area (Å²) in [5, 5.41) is 14.2. The van der Waals surface area contributed by atoms with Crippen molar-refractivity contribution in [2.24, 2.45) is 0 Å². The van der Waals surface area contributed by atoms with E-state index in [-0.39, 0.29) is 19.1 Å². The molecule has 0 heterocycles. The average Bonchev–Trinajstić information content (AvgIpc) is 3.50. The molecule has 0 rings (SSSR count). The molecule has 8 nitrogen and oxygen atoms in total. The predicted octanol–water partition coefficient (Wildman–Crippen LogP) is 24.1. The second-order valence-electron chi connectivity index (χ2n) is 27.4. The Kier molecular flexibility index (Phi) is 65.1. The summed E-state index contributed by atoms with van der Waals surface area (Å²) in [4.78, 5) is 23.5. The number of allylic oxidation sites excluding steroid dienone is 2. The van der Waals surface area contributed by atoms with Gasteiger partial charge < -0.3 is 19.8 Å². The maximum atomic E-state index is 13.1. The molecule has 0 aliphatic rings. The highest BCUT2D eigenvalue weighted by molar-refractivity contribution is 7.47. The van der Waals surface area contributed by atoms with Crippen LogP contribution in [0, 0.1) is 0 Å². The van der Waals surface area contributed by atoms with E-state index in [1.54, 1.807) is 0 Å². The van der Waals surface area contributed by atoms with Crippen LogP contribution in [-0.2, 0) is 18.4 Å². The highest BCUT2D eigenvalue weighted by Gasteiger charge is 2.28. The molecule has 0 saturated carbocycles. The standard InChI is InChI=1S/C74H149N2O6P/c1-6-8-10-12-14-16-18-20-22-24-26-28-30-32-33-34-35-36-37-38-39-40-41-42-43-44-46-48-50-52-54-56-58-60-62-64-66-68-74(78)75-72(71-82-83(79,80)81-70-69-76(3,4)5)73(77)67-65-63-61-59-57-55-53-51-49-47-45-31-29-27-25-23-21-19-17-15-13-11-9-7-2/h36-37,72-73,77H,6-35,38-71H2,1-5H3,(H-,75,78,79,80)/p+1/b37-36-. The Hall–Kier alpha value is -0.760. The van der Waals surface area contributed by atoms with Crippen molar-refractivity contribution in [3.8, 4) is 0 Å². The lowest BCUT2D eigenvalue weighted by Gasteiger charge is -2.26. The van der Waals surface area contributed by atoms with E-state index in [1.807, 2.05) is 21.1 Å². The molecule has 0 aliphatic carbocycles. The smallest absolute Gasteiger partial charge is 0.391 e. The Labute approximate surface area is 520 Å². The summed E-state index contributed by atoms with van der Waals surface area (Å²) in [5.74, 6) is -0.134. The van der Waals surface area contributed by atoms with Crippen LogP contribution in [-0.4, -0.2) is 73.4 Å². The molecule has 1 amide bonds. The van der Waals surface area contributed by atoms with Crippen LogP contribution in [0.4, 0.5) is 0 Å². The lowest BCUT2D eigenvalue weighted by atomic mass is 10.0. The molecule has 0 radical (unpaired) electrons. The number of hydrogen-bond donors (Lipinski definition) is 3. The van der Waals surface area contributed by atoms with Crippen molar-refractivity contribution in [2.45, 2.75) is 418 Å². The summed E-state index contributed by atoms with van der Waals surface area (Å²) in [5.41, 5.74) is 0. The van der Waals surface area contributed by atoms with E-state index in [0.717, 1.165) is 38.5 Å². The minimum absolute atomic E-state index is 0.0783. The molecule has 0 aromatic heterocycles. The maximum Gasteiger partial charge on any atom is 0.472 e. The number of nitrogens with one attached hydrogen (secondary N) is 1. The number of quaternary nitrogens is 1. The summed E-state index contributed by atoms with van der Waals surface area (Å²) in [6.07, 6.45) is 84.9. The van der Waals surface area contributed by atoms with E-state index in [1.165, 1.54) is 340 Å².